The van der Waals surface area contributed by atoms with Gasteiger partial charge in [0, 0.05) is 6.42 Å². The summed E-state index contributed by atoms with van der Waals surface area (Å²) in [6, 6.07) is 0. The number of aromatic nitrogens is 4. The molecule has 3 atom stereocenters. The summed E-state index contributed by atoms with van der Waals surface area (Å²) < 4.78 is 22.2. The molecule has 0 spiro atoms. The van der Waals surface area contributed by atoms with Gasteiger partial charge in [0.05, 0.1) is 19.0 Å². The average Bonchev–Trinajstić information content (AvgIpc) is 2.99. The SMILES string of the molecule is Nc1nc(Cl)nc2c1ncn2[C@H]1C[C@H](O)[C@@H](COP(=O)(O)O)O1.[H-].[Na+]. The minimum Gasteiger partial charge on any atom is -1.00 e. The number of fused-ring (bicyclic) bond motifs is 1. The zero-order chi connectivity index (χ0) is 16.8. The van der Waals surface area contributed by atoms with E-state index in [-0.39, 0.29) is 48.5 Å². The van der Waals surface area contributed by atoms with Crippen LogP contribution in [0.25, 0.3) is 11.2 Å². The summed E-state index contributed by atoms with van der Waals surface area (Å²) in [5, 5.41) is 9.90. The summed E-state index contributed by atoms with van der Waals surface area (Å²) in [6.45, 7) is -0.452. The Morgan fingerprint density at radius 1 is 1.54 bits per heavy atom. The molecule has 1 saturated heterocycles. The molecule has 11 nitrogen and oxygen atoms in total. The number of hydrogen-bond donors (Lipinski definition) is 4. The third-order valence-corrected chi connectivity index (χ3v) is 4.00. The van der Waals surface area contributed by atoms with E-state index in [0.29, 0.717) is 11.2 Å². The molecular formula is C10H14ClN5NaO6P. The topological polar surface area (TPSA) is 166 Å². The number of nitrogens with two attached hydrogens (primary N) is 1. The van der Waals surface area contributed by atoms with Crippen LogP contribution in [0.5, 0.6) is 0 Å². The third-order valence-electron chi connectivity index (χ3n) is 3.34. The number of ether oxygens (including phenoxy) is 1. The number of imidazole rings is 1. The second-order valence-electron chi connectivity index (χ2n) is 4.92. The second-order valence-corrected chi connectivity index (χ2v) is 6.50. The first-order valence-corrected chi connectivity index (χ1v) is 8.34. The molecular weight excluding hydrogens is 376 g/mol. The van der Waals surface area contributed by atoms with Crippen molar-refractivity contribution in [2.75, 3.05) is 12.3 Å². The van der Waals surface area contributed by atoms with E-state index in [1.165, 1.54) is 10.9 Å². The minimum atomic E-state index is -4.64. The van der Waals surface area contributed by atoms with E-state index in [1.54, 1.807) is 0 Å². The van der Waals surface area contributed by atoms with E-state index in [1.807, 2.05) is 0 Å². The molecule has 1 aliphatic rings. The van der Waals surface area contributed by atoms with Gasteiger partial charge in [-0.2, -0.15) is 9.97 Å². The van der Waals surface area contributed by atoms with E-state index in [4.69, 9.17) is 31.9 Å². The Labute approximate surface area is 164 Å². The van der Waals surface area contributed by atoms with Crippen LogP contribution in [0.3, 0.4) is 0 Å². The molecule has 0 aliphatic carbocycles. The number of hydrogen-bond acceptors (Lipinski definition) is 8. The standard InChI is InChI=1S/C10H13ClN5O6P.Na.H/c11-10-14-8(12)7-9(15-10)16(3-13-7)6-1-4(17)5(22-6)2-21-23(18,19)20;;/h3-6,17H,1-2H2,(H2,12,14,15)(H2,18,19,20);;/q;+1;-1/t4-,5+,6+;;/m0../s1. The number of phosphoric ester groups is 1. The molecule has 0 radical (unpaired) electrons. The maximum absolute atomic E-state index is 10.7. The molecule has 3 heterocycles. The van der Waals surface area contributed by atoms with Gasteiger partial charge in [0.2, 0.25) is 5.28 Å². The summed E-state index contributed by atoms with van der Waals surface area (Å²) in [7, 11) is -4.64. The Hall–Kier alpha value is -0.330. The maximum Gasteiger partial charge on any atom is 1.00 e. The first kappa shape index (κ1) is 20.0. The summed E-state index contributed by atoms with van der Waals surface area (Å²) in [5.41, 5.74) is 6.38. The maximum atomic E-state index is 10.7. The molecule has 1 aliphatic heterocycles. The van der Waals surface area contributed by atoms with E-state index in [0.717, 1.165) is 0 Å². The van der Waals surface area contributed by atoms with Crippen LogP contribution in [-0.4, -0.2) is 53.2 Å². The number of aliphatic hydroxyl groups is 1. The van der Waals surface area contributed by atoms with Crippen molar-refractivity contribution in [3.63, 3.8) is 0 Å². The molecule has 128 valence electrons. The van der Waals surface area contributed by atoms with Crippen LogP contribution in [0.2, 0.25) is 5.28 Å². The van der Waals surface area contributed by atoms with E-state index in [2.05, 4.69) is 19.5 Å². The van der Waals surface area contributed by atoms with Crippen molar-refractivity contribution in [2.45, 2.75) is 24.9 Å². The van der Waals surface area contributed by atoms with Gasteiger partial charge in [-0.25, -0.2) is 9.55 Å². The van der Waals surface area contributed by atoms with Crippen LogP contribution in [0.15, 0.2) is 6.33 Å². The van der Waals surface area contributed by atoms with Crippen LogP contribution in [0.4, 0.5) is 5.82 Å². The van der Waals surface area contributed by atoms with Gasteiger partial charge in [0.1, 0.15) is 17.8 Å². The predicted molar refractivity (Wildman–Crippen MR) is 78.4 cm³/mol. The number of nitrogens with zero attached hydrogens (tertiary/aromatic N) is 4. The average molecular weight is 390 g/mol. The van der Waals surface area contributed by atoms with Gasteiger partial charge in [-0.3, -0.25) is 9.09 Å². The van der Waals surface area contributed by atoms with Crippen LogP contribution in [-0.2, 0) is 13.8 Å². The van der Waals surface area contributed by atoms with E-state index < -0.39 is 32.9 Å². The van der Waals surface area contributed by atoms with Crippen LogP contribution in [0, 0.1) is 0 Å². The van der Waals surface area contributed by atoms with Gasteiger partial charge in [-0.1, -0.05) is 0 Å². The number of aliphatic hydroxyl groups excluding tert-OH is 1. The molecule has 3 rings (SSSR count). The second kappa shape index (κ2) is 7.50. The van der Waals surface area contributed by atoms with Crippen molar-refractivity contribution in [1.29, 1.82) is 0 Å². The smallest absolute Gasteiger partial charge is 1.00 e. The molecule has 0 saturated carbocycles. The summed E-state index contributed by atoms with van der Waals surface area (Å²) >= 11 is 5.78. The monoisotopic (exact) mass is 389 g/mol. The van der Waals surface area contributed by atoms with Crippen molar-refractivity contribution < 1.29 is 59.7 Å². The fourth-order valence-electron chi connectivity index (χ4n) is 2.33. The normalized spacial score (nSPS) is 24.2. The van der Waals surface area contributed by atoms with Crippen molar-refractivity contribution >= 4 is 36.4 Å². The van der Waals surface area contributed by atoms with Gasteiger partial charge in [-0.05, 0) is 11.6 Å². The molecule has 1 fully saturated rings. The summed E-state index contributed by atoms with van der Waals surface area (Å²) in [4.78, 5) is 29.3. The first-order valence-electron chi connectivity index (χ1n) is 6.44. The molecule has 0 unspecified atom stereocenters. The number of nitrogen functional groups attached to an aromatic ring is 1. The number of anilines is 1. The minimum absolute atomic E-state index is 0. The van der Waals surface area contributed by atoms with Gasteiger partial charge < -0.3 is 26.8 Å². The first-order chi connectivity index (χ1) is 10.7. The Morgan fingerprint density at radius 3 is 2.92 bits per heavy atom. The van der Waals surface area contributed by atoms with Crippen molar-refractivity contribution in [1.82, 2.24) is 19.5 Å². The Morgan fingerprint density at radius 2 is 2.25 bits per heavy atom. The number of phosphoric acid groups is 1. The molecule has 0 aromatic carbocycles. The summed E-state index contributed by atoms with van der Waals surface area (Å²) in [5.74, 6) is 0.110. The fourth-order valence-corrected chi connectivity index (χ4v) is 2.84. The van der Waals surface area contributed by atoms with Crippen LogP contribution >= 0.6 is 19.4 Å². The number of halogens is 1. The fraction of sp³-hybridized carbons (Fsp3) is 0.500. The number of rotatable bonds is 4. The summed E-state index contributed by atoms with van der Waals surface area (Å²) in [6.07, 6.45) is -0.971. The zero-order valence-corrected chi connectivity index (χ0v) is 16.1. The Balaban J connectivity index is 0.00000156. The van der Waals surface area contributed by atoms with Crippen molar-refractivity contribution in [3.8, 4) is 0 Å². The zero-order valence-electron chi connectivity index (χ0n) is 13.5. The predicted octanol–water partition coefficient (Wildman–Crippen LogP) is -3.06. The largest absolute Gasteiger partial charge is 1.00 e. The van der Waals surface area contributed by atoms with Gasteiger partial charge in [0.25, 0.3) is 0 Å². The molecule has 5 N–H and O–H groups in total. The van der Waals surface area contributed by atoms with Crippen molar-refractivity contribution in [3.05, 3.63) is 11.6 Å². The van der Waals surface area contributed by atoms with Gasteiger partial charge >= 0.3 is 37.4 Å². The van der Waals surface area contributed by atoms with Gasteiger partial charge in [-0.15, -0.1) is 0 Å². The van der Waals surface area contributed by atoms with Gasteiger partial charge in [0.15, 0.2) is 11.5 Å². The third kappa shape index (κ3) is 4.25. The molecule has 24 heavy (non-hydrogen) atoms. The van der Waals surface area contributed by atoms with Crippen molar-refractivity contribution in [2.24, 2.45) is 0 Å². The van der Waals surface area contributed by atoms with Crippen LogP contribution < -0.4 is 35.3 Å². The molecule has 2 aromatic rings. The molecule has 2 aromatic heterocycles. The van der Waals surface area contributed by atoms with E-state index in [9.17, 15) is 9.67 Å². The molecule has 0 bridgehead atoms. The molecule has 14 heteroatoms. The van der Waals surface area contributed by atoms with Crippen LogP contribution in [0.1, 0.15) is 14.1 Å². The quantitative estimate of drug-likeness (QED) is 0.239. The molecule has 0 amide bonds. The Kier molecular flexibility index (Phi) is 6.25. The Bertz CT molecular complexity index is 792. The van der Waals surface area contributed by atoms with E-state index >= 15 is 0 Å².